The highest BCUT2D eigenvalue weighted by molar-refractivity contribution is 14.0. The molecule has 2 fully saturated rings. The summed E-state index contributed by atoms with van der Waals surface area (Å²) < 4.78 is 41.6. The number of aliphatic imine (C=N–C) groups is 1. The molecule has 8 heteroatoms. The molecule has 0 amide bonds. The first-order valence-corrected chi connectivity index (χ1v) is 7.87. The van der Waals surface area contributed by atoms with Crippen molar-refractivity contribution in [2.75, 3.05) is 13.1 Å². The zero-order valence-electron chi connectivity index (χ0n) is 13.1. The predicted octanol–water partition coefficient (Wildman–Crippen LogP) is 3.86. The van der Waals surface area contributed by atoms with Gasteiger partial charge in [0.15, 0.2) is 5.96 Å². The number of para-hydroxylation sites is 1. The van der Waals surface area contributed by atoms with Crippen LogP contribution < -0.4 is 10.5 Å². The highest BCUT2D eigenvalue weighted by Crippen LogP contribution is 2.47. The fourth-order valence-corrected chi connectivity index (χ4v) is 3.04. The van der Waals surface area contributed by atoms with E-state index in [9.17, 15) is 13.2 Å². The molecule has 3 rings (SSSR count). The second-order valence-corrected chi connectivity index (χ2v) is 6.03. The van der Waals surface area contributed by atoms with Crippen molar-refractivity contribution in [1.29, 1.82) is 0 Å². The highest BCUT2D eigenvalue weighted by Gasteiger charge is 2.42. The Balaban J connectivity index is 0.00000208. The molecule has 1 aliphatic heterocycles. The fraction of sp³-hybridized carbons (Fsp3) is 0.562. The van der Waals surface area contributed by atoms with Gasteiger partial charge < -0.3 is 15.4 Å². The number of hydrogen-bond donors (Lipinski definition) is 1. The van der Waals surface area contributed by atoms with Crippen molar-refractivity contribution in [2.24, 2.45) is 10.7 Å². The van der Waals surface area contributed by atoms with Crippen molar-refractivity contribution >= 4 is 29.9 Å². The van der Waals surface area contributed by atoms with Gasteiger partial charge in [-0.3, -0.25) is 0 Å². The topological polar surface area (TPSA) is 50.9 Å². The zero-order chi connectivity index (χ0) is 16.4. The van der Waals surface area contributed by atoms with Crippen LogP contribution in [0.4, 0.5) is 13.2 Å². The molecule has 0 aromatic heterocycles. The van der Waals surface area contributed by atoms with Gasteiger partial charge in [0, 0.05) is 19.0 Å². The summed E-state index contributed by atoms with van der Waals surface area (Å²) in [5.41, 5.74) is 6.58. The van der Waals surface area contributed by atoms with Gasteiger partial charge in [0.05, 0.1) is 6.04 Å². The highest BCUT2D eigenvalue weighted by atomic mass is 127. The van der Waals surface area contributed by atoms with Gasteiger partial charge in [0.1, 0.15) is 5.75 Å². The number of piperidine rings is 1. The van der Waals surface area contributed by atoms with E-state index < -0.39 is 6.36 Å². The van der Waals surface area contributed by atoms with Crippen LogP contribution in [0.15, 0.2) is 29.3 Å². The minimum atomic E-state index is -4.68. The summed E-state index contributed by atoms with van der Waals surface area (Å²) in [6.07, 6.45) is -0.569. The van der Waals surface area contributed by atoms with Gasteiger partial charge in [-0.25, -0.2) is 4.99 Å². The van der Waals surface area contributed by atoms with Crippen molar-refractivity contribution in [3.8, 4) is 5.75 Å². The second kappa shape index (κ2) is 7.79. The second-order valence-electron chi connectivity index (χ2n) is 6.03. The largest absolute Gasteiger partial charge is 0.573 e. The molecular formula is C16H21F3IN3O. The third-order valence-electron chi connectivity index (χ3n) is 4.28. The van der Waals surface area contributed by atoms with Gasteiger partial charge in [0.2, 0.25) is 0 Å². The first-order chi connectivity index (χ1) is 10.9. The Labute approximate surface area is 156 Å². The molecule has 2 aliphatic rings. The molecular weight excluding hydrogens is 434 g/mol. The van der Waals surface area contributed by atoms with Crippen LogP contribution in [-0.2, 0) is 0 Å². The molecule has 1 heterocycles. The Morgan fingerprint density at radius 1 is 1.17 bits per heavy atom. The maximum absolute atomic E-state index is 12.5. The van der Waals surface area contributed by atoms with Crippen LogP contribution >= 0.6 is 24.0 Å². The zero-order valence-corrected chi connectivity index (χ0v) is 15.5. The predicted molar refractivity (Wildman–Crippen MR) is 96.7 cm³/mol. The van der Waals surface area contributed by atoms with E-state index in [1.165, 1.54) is 18.6 Å². The Hall–Kier alpha value is -1.19. The number of halogens is 4. The molecule has 1 aromatic carbocycles. The molecule has 24 heavy (non-hydrogen) atoms. The number of benzene rings is 1. The van der Waals surface area contributed by atoms with Crippen molar-refractivity contribution in [3.05, 3.63) is 29.8 Å². The molecule has 2 unspecified atom stereocenters. The van der Waals surface area contributed by atoms with Crippen LogP contribution in [0.5, 0.6) is 5.75 Å². The maximum Gasteiger partial charge on any atom is 0.573 e. The smallest absolute Gasteiger partial charge is 0.405 e. The van der Waals surface area contributed by atoms with E-state index >= 15 is 0 Å². The number of nitrogens with two attached hydrogens (primary N) is 1. The molecule has 2 N–H and O–H groups in total. The van der Waals surface area contributed by atoms with E-state index in [1.54, 1.807) is 12.1 Å². The van der Waals surface area contributed by atoms with Crippen LogP contribution in [0.2, 0.25) is 0 Å². The van der Waals surface area contributed by atoms with Gasteiger partial charge in [-0.1, -0.05) is 18.2 Å². The Kier molecular flexibility index (Phi) is 6.22. The summed E-state index contributed by atoms with van der Waals surface area (Å²) in [7, 11) is 0. The molecule has 1 saturated heterocycles. The summed E-state index contributed by atoms with van der Waals surface area (Å²) in [5.74, 6) is 0.308. The summed E-state index contributed by atoms with van der Waals surface area (Å²) >= 11 is 0. The number of likely N-dealkylation sites (tertiary alicyclic amines) is 1. The van der Waals surface area contributed by atoms with Crippen LogP contribution in [0.3, 0.4) is 0 Å². The average Bonchev–Trinajstić information content (AvgIpc) is 3.26. The van der Waals surface area contributed by atoms with Gasteiger partial charge >= 0.3 is 6.36 Å². The van der Waals surface area contributed by atoms with E-state index in [2.05, 4.69) is 14.6 Å². The summed E-state index contributed by atoms with van der Waals surface area (Å²) in [4.78, 5) is 6.54. The quantitative estimate of drug-likeness (QED) is 0.428. The Morgan fingerprint density at radius 3 is 2.50 bits per heavy atom. The van der Waals surface area contributed by atoms with Crippen LogP contribution in [-0.4, -0.2) is 36.4 Å². The third kappa shape index (κ3) is 4.90. The molecule has 1 aromatic rings. The van der Waals surface area contributed by atoms with Crippen molar-refractivity contribution < 1.29 is 17.9 Å². The van der Waals surface area contributed by atoms with Gasteiger partial charge in [-0.2, -0.15) is 0 Å². The lowest BCUT2D eigenvalue weighted by molar-refractivity contribution is -0.274. The van der Waals surface area contributed by atoms with Crippen LogP contribution in [0, 0.1) is 0 Å². The maximum atomic E-state index is 12.5. The normalized spacial score (nSPS) is 24.3. The lowest BCUT2D eigenvalue weighted by atomic mass is 10.1. The molecule has 0 radical (unpaired) electrons. The summed E-state index contributed by atoms with van der Waals surface area (Å²) in [6, 6.07) is 6.20. The van der Waals surface area contributed by atoms with E-state index in [4.69, 9.17) is 5.73 Å². The number of ether oxygens (including phenoxy) is 1. The number of guanidine groups is 1. The molecule has 1 saturated carbocycles. The number of alkyl halides is 3. The lowest BCUT2D eigenvalue weighted by Crippen LogP contribution is -2.41. The molecule has 0 bridgehead atoms. The van der Waals surface area contributed by atoms with Gasteiger partial charge in [-0.05, 0) is 37.3 Å². The van der Waals surface area contributed by atoms with E-state index in [0.717, 1.165) is 25.9 Å². The van der Waals surface area contributed by atoms with Gasteiger partial charge in [-0.15, -0.1) is 37.1 Å². The van der Waals surface area contributed by atoms with Crippen LogP contribution in [0.25, 0.3) is 0 Å². The Morgan fingerprint density at radius 2 is 1.83 bits per heavy atom. The standard InChI is InChI=1S/C16H20F3N3O.HI/c17-16(18,19)23-14-7-3-2-6-11(14)12-10-13(12)21-15(20)22-8-4-1-5-9-22;/h2-3,6-7,12-13H,1,4-5,8-10H2,(H2,20,21);1H. The monoisotopic (exact) mass is 455 g/mol. The minimum absolute atomic E-state index is 0. The minimum Gasteiger partial charge on any atom is -0.405 e. The SMILES string of the molecule is I.NC(=NC1CC1c1ccccc1OC(F)(F)F)N1CCCCC1. The van der Waals surface area contributed by atoms with Crippen LogP contribution in [0.1, 0.15) is 37.2 Å². The van der Waals surface area contributed by atoms with Gasteiger partial charge in [0.25, 0.3) is 0 Å². The van der Waals surface area contributed by atoms with Crippen molar-refractivity contribution in [1.82, 2.24) is 4.90 Å². The molecule has 134 valence electrons. The number of nitrogens with zero attached hydrogens (tertiary/aromatic N) is 2. The van der Waals surface area contributed by atoms with E-state index in [0.29, 0.717) is 17.9 Å². The van der Waals surface area contributed by atoms with E-state index in [1.807, 2.05) is 0 Å². The molecule has 4 nitrogen and oxygen atoms in total. The van der Waals surface area contributed by atoms with E-state index in [-0.39, 0.29) is 41.7 Å². The lowest BCUT2D eigenvalue weighted by Gasteiger charge is -2.27. The third-order valence-corrected chi connectivity index (χ3v) is 4.28. The fourth-order valence-electron chi connectivity index (χ4n) is 3.04. The molecule has 0 spiro atoms. The average molecular weight is 455 g/mol. The Bertz CT molecular complexity index is 588. The molecule has 2 atom stereocenters. The number of hydrogen-bond acceptors (Lipinski definition) is 2. The van der Waals surface area contributed by atoms with Crippen molar-refractivity contribution in [3.63, 3.8) is 0 Å². The first kappa shape index (κ1) is 19.1. The summed E-state index contributed by atoms with van der Waals surface area (Å²) in [5, 5.41) is 0. The van der Waals surface area contributed by atoms with Crippen molar-refractivity contribution in [2.45, 2.75) is 44.0 Å². The molecule has 1 aliphatic carbocycles. The summed E-state index contributed by atoms with van der Waals surface area (Å²) in [6.45, 7) is 1.81. The first-order valence-electron chi connectivity index (χ1n) is 7.87. The number of rotatable bonds is 3.